The van der Waals surface area contributed by atoms with Crippen molar-refractivity contribution in [3.05, 3.63) is 40.4 Å². The monoisotopic (exact) mass is 290 g/mol. The van der Waals surface area contributed by atoms with Crippen LogP contribution in [0.4, 0.5) is 0 Å². The number of benzene rings is 1. The maximum absolute atomic E-state index is 5.05. The van der Waals surface area contributed by atoms with Crippen molar-refractivity contribution < 1.29 is 4.74 Å². The molecule has 0 bridgehead atoms. The third-order valence-electron chi connectivity index (χ3n) is 3.26. The van der Waals surface area contributed by atoms with E-state index in [1.54, 1.807) is 18.4 Å². The Balaban J connectivity index is 2.16. The van der Waals surface area contributed by atoms with Crippen LogP contribution >= 0.6 is 11.3 Å². The van der Waals surface area contributed by atoms with Gasteiger partial charge in [0, 0.05) is 30.6 Å². The zero-order chi connectivity index (χ0) is 14.4. The standard InChI is InChI=1S/C16H22N2OS/c1-4-14-15(11-17-9-10-19-3)20-16(18-14)13-8-6-5-7-12(13)2/h5-8,17H,4,9-11H2,1-3H3. The third kappa shape index (κ3) is 3.66. The lowest BCUT2D eigenvalue weighted by atomic mass is 10.1. The zero-order valence-corrected chi connectivity index (χ0v) is 13.2. The summed E-state index contributed by atoms with van der Waals surface area (Å²) in [5, 5.41) is 4.53. The molecule has 3 nitrogen and oxygen atoms in total. The van der Waals surface area contributed by atoms with Crippen molar-refractivity contribution in [2.24, 2.45) is 0 Å². The van der Waals surface area contributed by atoms with Crippen molar-refractivity contribution >= 4 is 11.3 Å². The first-order valence-electron chi connectivity index (χ1n) is 7.00. The average Bonchev–Trinajstić information content (AvgIpc) is 2.87. The lowest BCUT2D eigenvalue weighted by Gasteiger charge is -2.02. The van der Waals surface area contributed by atoms with Gasteiger partial charge in [0.05, 0.1) is 12.3 Å². The minimum Gasteiger partial charge on any atom is -0.383 e. The van der Waals surface area contributed by atoms with E-state index in [1.807, 2.05) is 0 Å². The van der Waals surface area contributed by atoms with Crippen molar-refractivity contribution in [2.75, 3.05) is 20.3 Å². The van der Waals surface area contributed by atoms with Crippen molar-refractivity contribution in [1.29, 1.82) is 0 Å². The number of thiazole rings is 1. The van der Waals surface area contributed by atoms with Gasteiger partial charge in [-0.2, -0.15) is 0 Å². The van der Waals surface area contributed by atoms with Crippen LogP contribution < -0.4 is 5.32 Å². The Morgan fingerprint density at radius 1 is 1.30 bits per heavy atom. The molecule has 0 aliphatic carbocycles. The molecule has 1 N–H and O–H groups in total. The van der Waals surface area contributed by atoms with Crippen molar-refractivity contribution in [1.82, 2.24) is 10.3 Å². The maximum Gasteiger partial charge on any atom is 0.124 e. The molecule has 108 valence electrons. The van der Waals surface area contributed by atoms with E-state index in [1.165, 1.54) is 21.7 Å². The fourth-order valence-electron chi connectivity index (χ4n) is 2.10. The van der Waals surface area contributed by atoms with Gasteiger partial charge >= 0.3 is 0 Å². The molecule has 4 heteroatoms. The molecule has 0 spiro atoms. The first-order chi connectivity index (χ1) is 9.76. The van der Waals surface area contributed by atoms with E-state index in [9.17, 15) is 0 Å². The first-order valence-corrected chi connectivity index (χ1v) is 7.82. The first kappa shape index (κ1) is 15.2. The number of aromatic nitrogens is 1. The number of methoxy groups -OCH3 is 1. The molecule has 20 heavy (non-hydrogen) atoms. The van der Waals surface area contributed by atoms with Crippen LogP contribution in [0.2, 0.25) is 0 Å². The quantitative estimate of drug-likeness (QED) is 0.793. The Morgan fingerprint density at radius 2 is 2.10 bits per heavy atom. The molecule has 0 aliphatic heterocycles. The van der Waals surface area contributed by atoms with Crippen LogP contribution in [0.3, 0.4) is 0 Å². The highest BCUT2D eigenvalue weighted by molar-refractivity contribution is 7.15. The Labute approximate surface area is 125 Å². The molecule has 0 saturated heterocycles. The van der Waals surface area contributed by atoms with E-state index in [0.717, 1.165) is 31.1 Å². The number of ether oxygens (including phenoxy) is 1. The van der Waals surface area contributed by atoms with Crippen LogP contribution in [0.5, 0.6) is 0 Å². The molecule has 1 aromatic carbocycles. The van der Waals surface area contributed by atoms with E-state index in [-0.39, 0.29) is 0 Å². The topological polar surface area (TPSA) is 34.2 Å². The van der Waals surface area contributed by atoms with Gasteiger partial charge in [0.2, 0.25) is 0 Å². The Kier molecular flexibility index (Phi) is 5.71. The number of hydrogen-bond donors (Lipinski definition) is 1. The van der Waals surface area contributed by atoms with Crippen molar-refractivity contribution in [3.63, 3.8) is 0 Å². The highest BCUT2D eigenvalue weighted by atomic mass is 32.1. The predicted octanol–water partition coefficient (Wildman–Crippen LogP) is 3.42. The molecule has 1 heterocycles. The third-order valence-corrected chi connectivity index (χ3v) is 4.39. The molecular formula is C16H22N2OS. The Bertz CT molecular complexity index is 551. The van der Waals surface area contributed by atoms with Gasteiger partial charge in [0.25, 0.3) is 0 Å². The summed E-state index contributed by atoms with van der Waals surface area (Å²) in [7, 11) is 1.72. The number of nitrogens with zero attached hydrogens (tertiary/aromatic N) is 1. The molecule has 0 amide bonds. The molecule has 0 aliphatic rings. The van der Waals surface area contributed by atoms with Gasteiger partial charge in [0.1, 0.15) is 5.01 Å². The smallest absolute Gasteiger partial charge is 0.124 e. The molecule has 0 atom stereocenters. The van der Waals surface area contributed by atoms with Gasteiger partial charge in [-0.15, -0.1) is 11.3 Å². The van der Waals surface area contributed by atoms with Crippen LogP contribution in [-0.4, -0.2) is 25.2 Å². The van der Waals surface area contributed by atoms with Gasteiger partial charge in [-0.25, -0.2) is 4.98 Å². The van der Waals surface area contributed by atoms with Crippen molar-refractivity contribution in [2.45, 2.75) is 26.8 Å². The summed E-state index contributed by atoms with van der Waals surface area (Å²) in [5.41, 5.74) is 3.73. The zero-order valence-electron chi connectivity index (χ0n) is 12.4. The maximum atomic E-state index is 5.05. The van der Waals surface area contributed by atoms with Crippen LogP contribution in [0.25, 0.3) is 10.6 Å². The van der Waals surface area contributed by atoms with Gasteiger partial charge in [-0.05, 0) is 18.9 Å². The summed E-state index contributed by atoms with van der Waals surface area (Å²) in [6.07, 6.45) is 0.976. The number of nitrogens with one attached hydrogen (secondary N) is 1. The predicted molar refractivity (Wildman–Crippen MR) is 85.2 cm³/mol. The Hall–Kier alpha value is -1.23. The Morgan fingerprint density at radius 3 is 2.80 bits per heavy atom. The van der Waals surface area contributed by atoms with E-state index < -0.39 is 0 Å². The number of rotatable bonds is 7. The van der Waals surface area contributed by atoms with Gasteiger partial charge in [-0.1, -0.05) is 31.2 Å². The average molecular weight is 290 g/mol. The molecule has 0 unspecified atom stereocenters. The summed E-state index contributed by atoms with van der Waals surface area (Å²) in [6, 6.07) is 8.43. The largest absolute Gasteiger partial charge is 0.383 e. The molecule has 2 rings (SSSR count). The van der Waals surface area contributed by atoms with Gasteiger partial charge < -0.3 is 10.1 Å². The summed E-state index contributed by atoms with van der Waals surface area (Å²) in [6.45, 7) is 6.78. The summed E-state index contributed by atoms with van der Waals surface area (Å²) < 4.78 is 5.05. The SMILES string of the molecule is CCc1nc(-c2ccccc2C)sc1CNCCOC. The fraction of sp³-hybridized carbons (Fsp3) is 0.438. The van der Waals surface area contributed by atoms with E-state index >= 15 is 0 Å². The number of aryl methyl sites for hydroxylation is 2. The van der Waals surface area contributed by atoms with Crippen LogP contribution in [0, 0.1) is 6.92 Å². The summed E-state index contributed by atoms with van der Waals surface area (Å²) in [5.74, 6) is 0. The van der Waals surface area contributed by atoms with Gasteiger partial charge in [-0.3, -0.25) is 0 Å². The highest BCUT2D eigenvalue weighted by Crippen LogP contribution is 2.30. The molecule has 1 aromatic heterocycles. The second-order valence-electron chi connectivity index (χ2n) is 4.73. The van der Waals surface area contributed by atoms with Crippen LogP contribution in [0.1, 0.15) is 23.1 Å². The fourth-order valence-corrected chi connectivity index (χ4v) is 3.31. The van der Waals surface area contributed by atoms with Crippen LogP contribution in [0.15, 0.2) is 24.3 Å². The molecule has 2 aromatic rings. The molecule has 0 radical (unpaired) electrons. The minimum absolute atomic E-state index is 0.741. The van der Waals surface area contributed by atoms with E-state index in [2.05, 4.69) is 43.4 Å². The minimum atomic E-state index is 0.741. The lowest BCUT2D eigenvalue weighted by Crippen LogP contribution is -2.18. The molecule has 0 saturated carbocycles. The second kappa shape index (κ2) is 7.53. The normalized spacial score (nSPS) is 10.9. The van der Waals surface area contributed by atoms with Gasteiger partial charge in [0.15, 0.2) is 0 Å². The van der Waals surface area contributed by atoms with Crippen molar-refractivity contribution in [3.8, 4) is 10.6 Å². The highest BCUT2D eigenvalue weighted by Gasteiger charge is 2.12. The second-order valence-corrected chi connectivity index (χ2v) is 5.81. The van der Waals surface area contributed by atoms with E-state index in [4.69, 9.17) is 9.72 Å². The molecular weight excluding hydrogens is 268 g/mol. The lowest BCUT2D eigenvalue weighted by molar-refractivity contribution is 0.199. The summed E-state index contributed by atoms with van der Waals surface area (Å²) >= 11 is 1.79. The summed E-state index contributed by atoms with van der Waals surface area (Å²) in [4.78, 5) is 6.14. The molecule has 0 fully saturated rings. The van der Waals surface area contributed by atoms with E-state index in [0.29, 0.717) is 0 Å². The van der Waals surface area contributed by atoms with Crippen LogP contribution in [-0.2, 0) is 17.7 Å². The number of hydrogen-bond acceptors (Lipinski definition) is 4.